The quantitative estimate of drug-likeness (QED) is 0.745. The smallest absolute Gasteiger partial charge is 0.270 e. The van der Waals surface area contributed by atoms with Gasteiger partial charge in [-0.1, -0.05) is 0 Å². The van der Waals surface area contributed by atoms with E-state index in [-0.39, 0.29) is 28.7 Å². The number of methoxy groups -OCH3 is 2. The van der Waals surface area contributed by atoms with Crippen LogP contribution in [0.3, 0.4) is 0 Å². The third-order valence-electron chi connectivity index (χ3n) is 3.59. The minimum atomic E-state index is -3.86. The molecule has 7 nitrogen and oxygen atoms in total. The van der Waals surface area contributed by atoms with E-state index in [0.29, 0.717) is 13.1 Å². The summed E-state index contributed by atoms with van der Waals surface area (Å²) in [7, 11) is 6.15. The Morgan fingerprint density at radius 3 is 2.19 bits per heavy atom. The molecule has 0 radical (unpaired) electrons. The van der Waals surface area contributed by atoms with E-state index in [2.05, 4.69) is 0 Å². The summed E-state index contributed by atoms with van der Waals surface area (Å²) in [5.41, 5.74) is 0.251. The molecule has 1 aromatic heterocycles. The van der Waals surface area contributed by atoms with Gasteiger partial charge in [0.15, 0.2) is 0 Å². The average Bonchev–Trinajstić information content (AvgIpc) is 3.00. The Morgan fingerprint density at radius 2 is 1.81 bits per heavy atom. The van der Waals surface area contributed by atoms with Crippen LogP contribution in [-0.2, 0) is 25.6 Å². The van der Waals surface area contributed by atoms with Crippen LogP contribution in [0.1, 0.15) is 10.5 Å². The Bertz CT molecular complexity index is 630. The molecule has 1 saturated heterocycles. The standard InChI is InChI=1S/C12H17ClN2O5S/c1-14-5-8(21(13,17)18)4-9(14)12(16)15-6-10(19-2)11(7-15)20-3/h4-5,10-11H,6-7H2,1-3H3. The fourth-order valence-electron chi connectivity index (χ4n) is 2.40. The molecule has 2 atom stereocenters. The van der Waals surface area contributed by atoms with Crippen molar-refractivity contribution in [2.45, 2.75) is 17.1 Å². The average molecular weight is 337 g/mol. The van der Waals surface area contributed by atoms with Gasteiger partial charge < -0.3 is 18.9 Å². The van der Waals surface area contributed by atoms with Crippen LogP contribution < -0.4 is 0 Å². The number of carbonyl (C=O) groups is 1. The molecule has 1 aromatic rings. The van der Waals surface area contributed by atoms with Gasteiger partial charge in [0.05, 0.1) is 0 Å². The first kappa shape index (κ1) is 16.3. The maximum Gasteiger partial charge on any atom is 0.270 e. The van der Waals surface area contributed by atoms with Gasteiger partial charge in [0.1, 0.15) is 22.8 Å². The van der Waals surface area contributed by atoms with Crippen molar-refractivity contribution in [2.75, 3.05) is 27.3 Å². The fourth-order valence-corrected chi connectivity index (χ4v) is 3.19. The number of ether oxygens (including phenoxy) is 2. The molecule has 2 rings (SSSR count). The van der Waals surface area contributed by atoms with Gasteiger partial charge in [-0.05, 0) is 6.07 Å². The summed E-state index contributed by atoms with van der Waals surface area (Å²) in [6, 6.07) is 1.27. The Labute approximate surface area is 127 Å². The summed E-state index contributed by atoms with van der Waals surface area (Å²) in [6.07, 6.45) is 0.915. The van der Waals surface area contributed by atoms with E-state index in [1.807, 2.05) is 0 Å². The molecule has 118 valence electrons. The molecule has 0 saturated carbocycles. The summed E-state index contributed by atoms with van der Waals surface area (Å²) in [5.74, 6) is -0.286. The maximum absolute atomic E-state index is 12.5. The van der Waals surface area contributed by atoms with Crippen LogP contribution in [0.4, 0.5) is 0 Å². The second-order valence-electron chi connectivity index (χ2n) is 4.87. The highest BCUT2D eigenvalue weighted by molar-refractivity contribution is 8.13. The van der Waals surface area contributed by atoms with Crippen molar-refractivity contribution < 1.29 is 22.7 Å². The third-order valence-corrected chi connectivity index (χ3v) is 4.91. The van der Waals surface area contributed by atoms with Crippen molar-refractivity contribution in [1.29, 1.82) is 0 Å². The van der Waals surface area contributed by atoms with Crippen molar-refractivity contribution in [3.8, 4) is 0 Å². The number of halogens is 1. The fraction of sp³-hybridized carbons (Fsp3) is 0.583. The minimum absolute atomic E-state index is 0.0965. The van der Waals surface area contributed by atoms with Crippen molar-refractivity contribution in [1.82, 2.24) is 9.47 Å². The van der Waals surface area contributed by atoms with Crippen LogP contribution in [0.2, 0.25) is 0 Å². The molecular weight excluding hydrogens is 320 g/mol. The molecule has 21 heavy (non-hydrogen) atoms. The molecule has 1 fully saturated rings. The van der Waals surface area contributed by atoms with Gasteiger partial charge in [0.25, 0.3) is 15.0 Å². The highest BCUT2D eigenvalue weighted by Gasteiger charge is 2.36. The van der Waals surface area contributed by atoms with Crippen molar-refractivity contribution in [3.63, 3.8) is 0 Å². The predicted molar refractivity (Wildman–Crippen MR) is 75.9 cm³/mol. The van der Waals surface area contributed by atoms with Gasteiger partial charge in [-0.15, -0.1) is 0 Å². The summed E-state index contributed by atoms with van der Waals surface area (Å²) in [5, 5.41) is 0. The molecule has 0 bridgehead atoms. The SMILES string of the molecule is COC1CN(C(=O)c2cc(S(=O)(=O)Cl)cn2C)CC1OC. The van der Waals surface area contributed by atoms with Crippen LogP contribution in [0.5, 0.6) is 0 Å². The van der Waals surface area contributed by atoms with E-state index >= 15 is 0 Å². The van der Waals surface area contributed by atoms with E-state index < -0.39 is 9.05 Å². The van der Waals surface area contributed by atoms with Crippen LogP contribution >= 0.6 is 10.7 Å². The monoisotopic (exact) mass is 336 g/mol. The first-order chi connectivity index (χ1) is 9.77. The van der Waals surface area contributed by atoms with Crippen molar-refractivity contribution in [2.24, 2.45) is 7.05 Å². The van der Waals surface area contributed by atoms with Gasteiger partial charge in [-0.3, -0.25) is 4.79 Å². The zero-order valence-corrected chi connectivity index (χ0v) is 13.5. The summed E-state index contributed by atoms with van der Waals surface area (Å²) in [6.45, 7) is 0.782. The van der Waals surface area contributed by atoms with Crippen LogP contribution in [0.25, 0.3) is 0 Å². The first-order valence-corrected chi connectivity index (χ1v) is 8.54. The second kappa shape index (κ2) is 5.96. The molecule has 1 aliphatic rings. The van der Waals surface area contributed by atoms with E-state index in [0.717, 1.165) is 0 Å². The zero-order valence-electron chi connectivity index (χ0n) is 11.9. The number of rotatable bonds is 4. The summed E-state index contributed by atoms with van der Waals surface area (Å²) >= 11 is 0. The van der Waals surface area contributed by atoms with Gasteiger partial charge >= 0.3 is 0 Å². The normalized spacial score (nSPS) is 22.8. The number of aromatic nitrogens is 1. The number of amides is 1. The molecular formula is C12H17ClN2O5S. The lowest BCUT2D eigenvalue weighted by molar-refractivity contribution is -0.00461. The van der Waals surface area contributed by atoms with E-state index in [4.69, 9.17) is 20.2 Å². The Morgan fingerprint density at radius 1 is 1.29 bits per heavy atom. The van der Waals surface area contributed by atoms with Crippen molar-refractivity contribution >= 4 is 25.6 Å². The van der Waals surface area contributed by atoms with Crippen LogP contribution in [0, 0.1) is 0 Å². The Hall–Kier alpha value is -1.09. The number of hydrogen-bond acceptors (Lipinski definition) is 5. The van der Waals surface area contributed by atoms with E-state index in [9.17, 15) is 13.2 Å². The lowest BCUT2D eigenvalue weighted by Crippen LogP contribution is -2.31. The number of carbonyl (C=O) groups excluding carboxylic acids is 1. The number of likely N-dealkylation sites (tertiary alicyclic amines) is 1. The third kappa shape index (κ3) is 3.23. The zero-order chi connectivity index (χ0) is 15.8. The number of hydrogen-bond donors (Lipinski definition) is 0. The molecule has 0 N–H and O–H groups in total. The molecule has 1 aliphatic heterocycles. The molecule has 0 aromatic carbocycles. The number of aryl methyl sites for hydroxylation is 1. The first-order valence-electron chi connectivity index (χ1n) is 6.23. The van der Waals surface area contributed by atoms with E-state index in [1.165, 1.54) is 16.8 Å². The predicted octanol–water partition coefficient (Wildman–Crippen LogP) is 0.438. The van der Waals surface area contributed by atoms with Crippen LogP contribution in [-0.4, -0.2) is 63.3 Å². The highest BCUT2D eigenvalue weighted by atomic mass is 35.7. The minimum Gasteiger partial charge on any atom is -0.377 e. The Kier molecular flexibility index (Phi) is 4.62. The van der Waals surface area contributed by atoms with Gasteiger partial charge in [-0.2, -0.15) is 0 Å². The topological polar surface area (TPSA) is 77.8 Å². The molecule has 2 unspecified atom stereocenters. The van der Waals surface area contributed by atoms with Gasteiger partial charge in [-0.25, -0.2) is 8.42 Å². The summed E-state index contributed by atoms with van der Waals surface area (Å²) in [4.78, 5) is 14.0. The largest absolute Gasteiger partial charge is 0.377 e. The Balaban J connectivity index is 2.24. The van der Waals surface area contributed by atoms with Crippen LogP contribution in [0.15, 0.2) is 17.2 Å². The lowest BCUT2D eigenvalue weighted by atomic mass is 10.3. The summed E-state index contributed by atoms with van der Waals surface area (Å²) < 4.78 is 34.7. The molecule has 2 heterocycles. The second-order valence-corrected chi connectivity index (χ2v) is 7.43. The molecule has 1 amide bonds. The highest BCUT2D eigenvalue weighted by Crippen LogP contribution is 2.22. The number of nitrogens with zero attached hydrogens (tertiary/aromatic N) is 2. The van der Waals surface area contributed by atoms with Gasteiger partial charge in [0.2, 0.25) is 0 Å². The molecule has 0 aliphatic carbocycles. The maximum atomic E-state index is 12.5. The van der Waals surface area contributed by atoms with Crippen molar-refractivity contribution in [3.05, 3.63) is 18.0 Å². The molecule has 9 heteroatoms. The van der Waals surface area contributed by atoms with E-state index in [1.54, 1.807) is 26.2 Å². The van der Waals surface area contributed by atoms with Gasteiger partial charge in [0, 0.05) is 51.2 Å². The molecule has 0 spiro atoms. The lowest BCUT2D eigenvalue weighted by Gasteiger charge is -2.15.